The van der Waals surface area contributed by atoms with Crippen molar-refractivity contribution in [2.24, 2.45) is 0 Å². The van der Waals surface area contributed by atoms with E-state index in [-0.39, 0.29) is 21.0 Å². The second kappa shape index (κ2) is 5.88. The molecular weight excluding hydrogens is 329 g/mol. The third-order valence-corrected chi connectivity index (χ3v) is 4.65. The van der Waals surface area contributed by atoms with Gasteiger partial charge < -0.3 is 0 Å². The van der Waals surface area contributed by atoms with Crippen molar-refractivity contribution in [1.82, 2.24) is 7.96 Å². The van der Waals surface area contributed by atoms with Crippen LogP contribution in [0.15, 0.2) is 36.4 Å². The SMILES string of the molecule is COc1ccc(C)cc1C(C)Nc1cccc2n[se]nc12. The Hall–Kier alpha value is -1.84. The number of methoxy groups -OCH3 is 1. The van der Waals surface area contributed by atoms with Gasteiger partial charge in [-0.2, -0.15) is 0 Å². The number of ether oxygens (including phenoxy) is 1. The van der Waals surface area contributed by atoms with Gasteiger partial charge in [0.05, 0.1) is 0 Å². The predicted octanol–water partition coefficient (Wildman–Crippen LogP) is 3.18. The minimum absolute atomic E-state index is 0.00954. The summed E-state index contributed by atoms with van der Waals surface area (Å²) in [6.07, 6.45) is 0. The number of hydrogen-bond acceptors (Lipinski definition) is 4. The molecule has 21 heavy (non-hydrogen) atoms. The Kier molecular flexibility index (Phi) is 3.95. The van der Waals surface area contributed by atoms with E-state index in [1.807, 2.05) is 18.2 Å². The van der Waals surface area contributed by atoms with Gasteiger partial charge in [0.2, 0.25) is 0 Å². The van der Waals surface area contributed by atoms with Gasteiger partial charge in [0, 0.05) is 0 Å². The Morgan fingerprint density at radius 3 is 2.86 bits per heavy atom. The van der Waals surface area contributed by atoms with Crippen LogP contribution in [0.3, 0.4) is 0 Å². The van der Waals surface area contributed by atoms with E-state index in [4.69, 9.17) is 4.74 Å². The Morgan fingerprint density at radius 1 is 1.19 bits per heavy atom. The van der Waals surface area contributed by atoms with Gasteiger partial charge in [0.25, 0.3) is 0 Å². The molecule has 3 rings (SSSR count). The fourth-order valence-electron chi connectivity index (χ4n) is 2.43. The van der Waals surface area contributed by atoms with Crippen LogP contribution in [-0.2, 0) is 0 Å². The van der Waals surface area contributed by atoms with Crippen LogP contribution in [0.25, 0.3) is 11.0 Å². The molecule has 0 spiro atoms. The zero-order valence-electron chi connectivity index (χ0n) is 12.3. The maximum atomic E-state index is 5.47. The van der Waals surface area contributed by atoms with Crippen LogP contribution in [0.1, 0.15) is 24.1 Å². The molecule has 2 aromatic carbocycles. The first kappa shape index (κ1) is 14.1. The van der Waals surface area contributed by atoms with E-state index in [0.717, 1.165) is 28.0 Å². The van der Waals surface area contributed by atoms with Crippen molar-refractivity contribution in [3.05, 3.63) is 47.5 Å². The summed E-state index contributed by atoms with van der Waals surface area (Å²) >= 11 is -0.00954. The van der Waals surface area contributed by atoms with Gasteiger partial charge in [0.1, 0.15) is 0 Å². The molecule has 0 saturated carbocycles. The van der Waals surface area contributed by atoms with Gasteiger partial charge in [-0.15, -0.1) is 0 Å². The molecule has 1 heterocycles. The van der Waals surface area contributed by atoms with Crippen molar-refractivity contribution < 1.29 is 4.74 Å². The van der Waals surface area contributed by atoms with Crippen molar-refractivity contribution in [1.29, 1.82) is 0 Å². The molecular formula is C16H17N3OSe. The molecule has 1 atom stereocenters. The number of aryl methyl sites for hydroxylation is 1. The van der Waals surface area contributed by atoms with E-state index < -0.39 is 0 Å². The Balaban J connectivity index is 1.94. The molecule has 108 valence electrons. The first-order valence-electron chi connectivity index (χ1n) is 6.81. The summed E-state index contributed by atoms with van der Waals surface area (Å²) in [5, 5.41) is 3.54. The quantitative estimate of drug-likeness (QED) is 0.737. The van der Waals surface area contributed by atoms with E-state index in [0.29, 0.717) is 0 Å². The topological polar surface area (TPSA) is 47.0 Å². The predicted molar refractivity (Wildman–Crippen MR) is 86.2 cm³/mol. The molecule has 0 radical (unpaired) electrons. The molecule has 1 unspecified atom stereocenters. The molecule has 3 aromatic rings. The first-order chi connectivity index (χ1) is 10.2. The van der Waals surface area contributed by atoms with Gasteiger partial charge >= 0.3 is 130 Å². The van der Waals surface area contributed by atoms with Crippen LogP contribution >= 0.6 is 0 Å². The third-order valence-electron chi connectivity index (χ3n) is 3.51. The summed E-state index contributed by atoms with van der Waals surface area (Å²) in [6.45, 7) is 4.22. The monoisotopic (exact) mass is 347 g/mol. The second-order valence-corrected chi connectivity index (χ2v) is 6.16. The summed E-state index contributed by atoms with van der Waals surface area (Å²) in [5.74, 6) is 0.902. The average molecular weight is 346 g/mol. The van der Waals surface area contributed by atoms with E-state index >= 15 is 0 Å². The number of nitrogens with zero attached hydrogens (tertiary/aromatic N) is 2. The van der Waals surface area contributed by atoms with Gasteiger partial charge in [-0.1, -0.05) is 0 Å². The Labute approximate surface area is 130 Å². The zero-order chi connectivity index (χ0) is 14.8. The molecule has 4 nitrogen and oxygen atoms in total. The summed E-state index contributed by atoms with van der Waals surface area (Å²) in [7, 11) is 1.71. The molecule has 0 bridgehead atoms. The van der Waals surface area contributed by atoms with Crippen molar-refractivity contribution in [2.75, 3.05) is 12.4 Å². The number of aromatic nitrogens is 2. The summed E-state index contributed by atoms with van der Waals surface area (Å²) in [6, 6.07) is 12.4. The number of rotatable bonds is 4. The molecule has 0 fully saturated rings. The molecule has 0 aliphatic rings. The van der Waals surface area contributed by atoms with Gasteiger partial charge in [-0.25, -0.2) is 0 Å². The summed E-state index contributed by atoms with van der Waals surface area (Å²) < 4.78 is 14.4. The molecule has 1 N–H and O–H groups in total. The van der Waals surface area contributed by atoms with Crippen LogP contribution in [0.2, 0.25) is 0 Å². The zero-order valence-corrected chi connectivity index (χ0v) is 14.0. The van der Waals surface area contributed by atoms with Crippen molar-refractivity contribution in [3.63, 3.8) is 0 Å². The van der Waals surface area contributed by atoms with E-state index in [1.165, 1.54) is 5.56 Å². The minimum atomic E-state index is -0.00954. The summed E-state index contributed by atoms with van der Waals surface area (Å²) in [4.78, 5) is 0. The second-order valence-electron chi connectivity index (χ2n) is 5.05. The molecule has 0 aliphatic carbocycles. The van der Waals surface area contributed by atoms with E-state index in [2.05, 4.69) is 45.3 Å². The maximum absolute atomic E-state index is 5.47. The number of nitrogens with one attached hydrogen (secondary N) is 1. The fraction of sp³-hybridized carbons (Fsp3) is 0.250. The van der Waals surface area contributed by atoms with Crippen LogP contribution in [-0.4, -0.2) is 30.0 Å². The molecule has 0 aliphatic heterocycles. The molecule has 0 amide bonds. The number of fused-ring (bicyclic) bond motifs is 1. The van der Waals surface area contributed by atoms with E-state index in [1.54, 1.807) is 7.11 Å². The average Bonchev–Trinajstić information content (AvgIpc) is 2.96. The summed E-state index contributed by atoms with van der Waals surface area (Å²) in [5.41, 5.74) is 5.38. The first-order valence-corrected chi connectivity index (χ1v) is 8.34. The Morgan fingerprint density at radius 2 is 2.05 bits per heavy atom. The van der Waals surface area contributed by atoms with Gasteiger partial charge in [-0.3, -0.25) is 0 Å². The number of anilines is 1. The van der Waals surface area contributed by atoms with Gasteiger partial charge in [0.15, 0.2) is 0 Å². The number of hydrogen-bond donors (Lipinski definition) is 1. The van der Waals surface area contributed by atoms with Crippen LogP contribution in [0.4, 0.5) is 5.69 Å². The molecule has 1 aromatic heterocycles. The van der Waals surface area contributed by atoms with Crippen molar-refractivity contribution in [3.8, 4) is 5.75 Å². The number of benzene rings is 2. The van der Waals surface area contributed by atoms with Crippen molar-refractivity contribution in [2.45, 2.75) is 19.9 Å². The van der Waals surface area contributed by atoms with Crippen molar-refractivity contribution >= 4 is 31.7 Å². The normalized spacial score (nSPS) is 12.3. The molecule has 5 heteroatoms. The molecule has 0 saturated heterocycles. The fourth-order valence-corrected chi connectivity index (χ4v) is 3.58. The van der Waals surface area contributed by atoms with Crippen LogP contribution in [0.5, 0.6) is 5.75 Å². The van der Waals surface area contributed by atoms with Crippen LogP contribution in [0, 0.1) is 6.92 Å². The van der Waals surface area contributed by atoms with E-state index in [9.17, 15) is 0 Å². The standard InChI is InChI=1S/C16H17N3OSe/c1-10-7-8-15(20-3)12(9-10)11(2)17-13-5-4-6-14-16(13)19-21-18-14/h4-9,11,17H,1-3H3. The third kappa shape index (κ3) is 2.80. The Bertz CT molecular complexity index is 769. The van der Waals surface area contributed by atoms with Crippen LogP contribution < -0.4 is 10.1 Å². The van der Waals surface area contributed by atoms with Gasteiger partial charge in [-0.05, 0) is 0 Å².